The van der Waals surface area contributed by atoms with E-state index >= 15 is 0 Å². The fraction of sp³-hybridized carbons (Fsp3) is 0.500. The second kappa shape index (κ2) is 1.87. The Hall–Kier alpha value is -0.740. The van der Waals surface area contributed by atoms with Gasteiger partial charge in [-0.25, -0.2) is 4.39 Å². The smallest absolute Gasteiger partial charge is 0.246 e. The number of halogens is 1. The zero-order valence-corrected chi connectivity index (χ0v) is 5.04. The van der Waals surface area contributed by atoms with Crippen molar-refractivity contribution in [3.05, 3.63) is 11.9 Å². The van der Waals surface area contributed by atoms with Crippen LogP contribution in [0.1, 0.15) is 0 Å². The highest BCUT2D eigenvalue weighted by Crippen LogP contribution is 2.23. The number of ketones is 1. The first kappa shape index (κ1) is 6.00. The molecule has 0 aromatic rings. The molecular formula is C6H5FO3. The van der Waals surface area contributed by atoms with Gasteiger partial charge in [0.25, 0.3) is 0 Å². The Balaban J connectivity index is 2.33. The van der Waals surface area contributed by atoms with E-state index in [9.17, 15) is 9.18 Å². The maximum atomic E-state index is 12.5. The molecule has 1 saturated heterocycles. The van der Waals surface area contributed by atoms with E-state index in [-0.39, 0.29) is 12.7 Å². The number of Topliss-reactive ketones (excluding diaryl/α,β-unsaturated/α-hetero) is 1. The Morgan fingerprint density at radius 3 is 3.30 bits per heavy atom. The summed E-state index contributed by atoms with van der Waals surface area (Å²) >= 11 is 0. The van der Waals surface area contributed by atoms with Crippen LogP contribution in [-0.4, -0.2) is 24.8 Å². The van der Waals surface area contributed by atoms with Crippen molar-refractivity contribution in [1.29, 1.82) is 0 Å². The van der Waals surface area contributed by atoms with Gasteiger partial charge in [0.15, 0.2) is 5.83 Å². The molecule has 3 nitrogen and oxygen atoms in total. The number of carbonyl (C=O) groups is 1. The lowest BCUT2D eigenvalue weighted by atomic mass is 10.2. The standard InChI is InChI=1S/C6H5FO3/c7-4-1-3-2-9-6(10-3)5(4)8/h1,3,6H,2H2/t3-,6+/m1/s1. The summed E-state index contributed by atoms with van der Waals surface area (Å²) < 4.78 is 22.2. The van der Waals surface area contributed by atoms with Crippen molar-refractivity contribution >= 4 is 5.78 Å². The molecule has 0 N–H and O–H groups in total. The lowest BCUT2D eigenvalue weighted by molar-refractivity contribution is -0.144. The van der Waals surface area contributed by atoms with Gasteiger partial charge in [-0.2, -0.15) is 0 Å². The summed E-state index contributed by atoms with van der Waals surface area (Å²) in [6, 6.07) is 0. The van der Waals surface area contributed by atoms with E-state index in [1.54, 1.807) is 0 Å². The first-order valence-corrected chi connectivity index (χ1v) is 2.96. The zero-order valence-electron chi connectivity index (χ0n) is 5.04. The first-order chi connectivity index (χ1) is 4.77. The predicted molar refractivity (Wildman–Crippen MR) is 28.8 cm³/mol. The van der Waals surface area contributed by atoms with Crippen molar-refractivity contribution in [1.82, 2.24) is 0 Å². The molecule has 0 saturated carbocycles. The summed E-state index contributed by atoms with van der Waals surface area (Å²) in [6.45, 7) is 0.282. The third-order valence-corrected chi connectivity index (χ3v) is 1.49. The number of hydrogen-bond acceptors (Lipinski definition) is 3. The molecule has 0 aliphatic carbocycles. The van der Waals surface area contributed by atoms with Crippen LogP contribution in [0.4, 0.5) is 4.39 Å². The van der Waals surface area contributed by atoms with E-state index < -0.39 is 17.9 Å². The van der Waals surface area contributed by atoms with Gasteiger partial charge >= 0.3 is 0 Å². The molecule has 2 heterocycles. The number of fused-ring (bicyclic) bond motifs is 2. The lowest BCUT2D eigenvalue weighted by Crippen LogP contribution is -2.26. The molecule has 0 amide bonds. The number of rotatable bonds is 0. The van der Waals surface area contributed by atoms with Crippen LogP contribution in [0.15, 0.2) is 11.9 Å². The Kier molecular flexibility index (Phi) is 1.12. The summed E-state index contributed by atoms with van der Waals surface area (Å²) in [4.78, 5) is 10.7. The zero-order chi connectivity index (χ0) is 7.14. The summed E-state index contributed by atoms with van der Waals surface area (Å²) in [5, 5.41) is 0. The summed E-state index contributed by atoms with van der Waals surface area (Å²) in [5.74, 6) is -1.44. The van der Waals surface area contributed by atoms with Gasteiger partial charge in [0.1, 0.15) is 6.10 Å². The van der Waals surface area contributed by atoms with Crippen LogP contribution in [-0.2, 0) is 14.3 Å². The maximum Gasteiger partial charge on any atom is 0.246 e. The fourth-order valence-corrected chi connectivity index (χ4v) is 1.00. The van der Waals surface area contributed by atoms with Crippen LogP contribution >= 0.6 is 0 Å². The molecule has 2 aliphatic heterocycles. The Labute approximate surface area is 56.4 Å². The second-order valence-corrected chi connectivity index (χ2v) is 2.22. The molecule has 0 radical (unpaired) electrons. The average molecular weight is 144 g/mol. The van der Waals surface area contributed by atoms with Gasteiger partial charge in [-0.1, -0.05) is 0 Å². The fourth-order valence-electron chi connectivity index (χ4n) is 1.00. The van der Waals surface area contributed by atoms with Crippen LogP contribution in [0.2, 0.25) is 0 Å². The van der Waals surface area contributed by atoms with Crippen molar-refractivity contribution < 1.29 is 18.7 Å². The van der Waals surface area contributed by atoms with Gasteiger partial charge in [-0.05, 0) is 6.08 Å². The highest BCUT2D eigenvalue weighted by atomic mass is 19.1. The predicted octanol–water partition coefficient (Wildman–Crippen LogP) is 0.164. The van der Waals surface area contributed by atoms with Gasteiger partial charge in [-0.3, -0.25) is 4.79 Å². The molecule has 2 bridgehead atoms. The second-order valence-electron chi connectivity index (χ2n) is 2.22. The molecule has 0 spiro atoms. The van der Waals surface area contributed by atoms with E-state index in [2.05, 4.69) is 0 Å². The van der Waals surface area contributed by atoms with Crippen LogP contribution in [0.25, 0.3) is 0 Å². The largest absolute Gasteiger partial charge is 0.343 e. The van der Waals surface area contributed by atoms with E-state index in [0.717, 1.165) is 6.08 Å². The molecule has 10 heavy (non-hydrogen) atoms. The number of ether oxygens (including phenoxy) is 2. The van der Waals surface area contributed by atoms with Gasteiger partial charge in [0.2, 0.25) is 12.1 Å². The van der Waals surface area contributed by atoms with Gasteiger partial charge in [0, 0.05) is 0 Å². The molecule has 2 atom stereocenters. The van der Waals surface area contributed by atoms with Crippen molar-refractivity contribution in [3.63, 3.8) is 0 Å². The Bertz CT molecular complexity index is 211. The van der Waals surface area contributed by atoms with Crippen LogP contribution in [0.3, 0.4) is 0 Å². The normalized spacial score (nSPS) is 38.1. The minimum atomic E-state index is -0.977. The molecule has 2 aliphatic rings. The van der Waals surface area contributed by atoms with E-state index in [4.69, 9.17) is 9.47 Å². The third kappa shape index (κ3) is 0.693. The van der Waals surface area contributed by atoms with Crippen molar-refractivity contribution in [2.24, 2.45) is 0 Å². The average Bonchev–Trinajstić information content (AvgIpc) is 2.29. The van der Waals surface area contributed by atoms with Gasteiger partial charge in [-0.15, -0.1) is 0 Å². The number of hydrogen-bond donors (Lipinski definition) is 0. The summed E-state index contributed by atoms with van der Waals surface area (Å²) in [6.07, 6.45) is -0.191. The lowest BCUT2D eigenvalue weighted by Gasteiger charge is -2.11. The summed E-state index contributed by atoms with van der Waals surface area (Å²) in [7, 11) is 0. The van der Waals surface area contributed by atoms with Crippen LogP contribution in [0.5, 0.6) is 0 Å². The molecule has 1 fully saturated rings. The molecule has 4 heteroatoms. The van der Waals surface area contributed by atoms with Gasteiger partial charge in [0.05, 0.1) is 6.61 Å². The maximum absolute atomic E-state index is 12.5. The number of carbonyl (C=O) groups excluding carboxylic acids is 1. The van der Waals surface area contributed by atoms with Gasteiger partial charge < -0.3 is 9.47 Å². The minimum absolute atomic E-state index is 0.282. The SMILES string of the molecule is O=C1C(F)=C[C@@H]2CO[C@H]1O2. The molecular weight excluding hydrogens is 139 g/mol. The third-order valence-electron chi connectivity index (χ3n) is 1.49. The highest BCUT2D eigenvalue weighted by molar-refractivity contribution is 5.96. The van der Waals surface area contributed by atoms with Crippen LogP contribution in [0, 0.1) is 0 Å². The monoisotopic (exact) mass is 144 g/mol. The summed E-state index contributed by atoms with van der Waals surface area (Å²) in [5.41, 5.74) is 0. The Morgan fingerprint density at radius 2 is 2.50 bits per heavy atom. The highest BCUT2D eigenvalue weighted by Gasteiger charge is 2.37. The van der Waals surface area contributed by atoms with E-state index in [0.29, 0.717) is 0 Å². The first-order valence-electron chi connectivity index (χ1n) is 2.96. The Morgan fingerprint density at radius 1 is 1.70 bits per heavy atom. The van der Waals surface area contributed by atoms with Crippen molar-refractivity contribution in [3.8, 4) is 0 Å². The van der Waals surface area contributed by atoms with Crippen molar-refractivity contribution in [2.75, 3.05) is 6.61 Å². The molecule has 0 aromatic heterocycles. The van der Waals surface area contributed by atoms with Crippen molar-refractivity contribution in [2.45, 2.75) is 12.4 Å². The molecule has 0 unspecified atom stereocenters. The van der Waals surface area contributed by atoms with Crippen LogP contribution < -0.4 is 0 Å². The minimum Gasteiger partial charge on any atom is -0.343 e. The molecule has 0 aromatic carbocycles. The van der Waals surface area contributed by atoms with E-state index in [1.165, 1.54) is 0 Å². The molecule has 54 valence electrons. The van der Waals surface area contributed by atoms with E-state index in [1.807, 2.05) is 0 Å². The molecule has 2 rings (SSSR count). The quantitative estimate of drug-likeness (QED) is 0.486. The topological polar surface area (TPSA) is 35.5 Å².